The Morgan fingerprint density at radius 1 is 1.06 bits per heavy atom. The fourth-order valence-electron chi connectivity index (χ4n) is 4.56. The number of fused-ring (bicyclic) bond motifs is 3. The summed E-state index contributed by atoms with van der Waals surface area (Å²) in [6.45, 7) is 2.91. The first-order valence-electron chi connectivity index (χ1n) is 11.3. The van der Waals surface area contributed by atoms with Crippen LogP contribution in [0.3, 0.4) is 0 Å². The molecule has 3 aliphatic heterocycles. The van der Waals surface area contributed by atoms with Crippen molar-refractivity contribution in [3.8, 4) is 5.75 Å². The SMILES string of the molecule is CCOCCN1C(=O)C2C(N=C3N(c4cccc(OC)c4)C(c4ccccc4)=CN32)N(C)C1=O. The number of nitrogens with zero attached hydrogens (tertiary/aromatic N) is 5. The average molecular weight is 462 g/mol. The van der Waals surface area contributed by atoms with Gasteiger partial charge in [0.1, 0.15) is 5.75 Å². The molecule has 0 bridgehead atoms. The monoisotopic (exact) mass is 461 g/mol. The Labute approximate surface area is 198 Å². The number of hydrogen-bond donors (Lipinski definition) is 0. The Hall–Kier alpha value is -3.85. The van der Waals surface area contributed by atoms with Crippen LogP contribution >= 0.6 is 0 Å². The predicted molar refractivity (Wildman–Crippen MR) is 128 cm³/mol. The van der Waals surface area contributed by atoms with Gasteiger partial charge in [-0.25, -0.2) is 9.79 Å². The van der Waals surface area contributed by atoms with Gasteiger partial charge in [-0.1, -0.05) is 36.4 Å². The van der Waals surface area contributed by atoms with Crippen molar-refractivity contribution in [2.24, 2.45) is 4.99 Å². The van der Waals surface area contributed by atoms with E-state index in [2.05, 4.69) is 0 Å². The minimum Gasteiger partial charge on any atom is -0.497 e. The third kappa shape index (κ3) is 3.49. The van der Waals surface area contributed by atoms with E-state index in [0.29, 0.717) is 24.9 Å². The van der Waals surface area contributed by atoms with Crippen LogP contribution in [0.1, 0.15) is 12.5 Å². The van der Waals surface area contributed by atoms with E-state index >= 15 is 0 Å². The molecule has 2 unspecified atom stereocenters. The Morgan fingerprint density at radius 3 is 2.59 bits per heavy atom. The van der Waals surface area contributed by atoms with Crippen LogP contribution in [0.2, 0.25) is 0 Å². The Kier molecular flexibility index (Phi) is 5.70. The molecule has 1 saturated heterocycles. The molecule has 1 fully saturated rings. The highest BCUT2D eigenvalue weighted by molar-refractivity contribution is 6.16. The lowest BCUT2D eigenvalue weighted by Gasteiger charge is -2.40. The summed E-state index contributed by atoms with van der Waals surface area (Å²) in [6.07, 6.45) is 1.33. The van der Waals surface area contributed by atoms with Crippen molar-refractivity contribution in [2.75, 3.05) is 38.8 Å². The third-order valence-corrected chi connectivity index (χ3v) is 6.26. The fraction of sp³-hybridized carbons (Fsp3) is 0.320. The molecule has 3 aliphatic rings. The molecule has 3 heterocycles. The van der Waals surface area contributed by atoms with E-state index in [1.807, 2.05) is 77.5 Å². The van der Waals surface area contributed by atoms with Crippen molar-refractivity contribution in [3.63, 3.8) is 0 Å². The number of amides is 3. The summed E-state index contributed by atoms with van der Waals surface area (Å²) in [6, 6.07) is 16.6. The second-order valence-electron chi connectivity index (χ2n) is 8.19. The number of carbonyl (C=O) groups is 2. The van der Waals surface area contributed by atoms with E-state index in [1.54, 1.807) is 14.2 Å². The number of guanidine groups is 1. The summed E-state index contributed by atoms with van der Waals surface area (Å²) in [5.41, 5.74) is 2.73. The van der Waals surface area contributed by atoms with E-state index < -0.39 is 12.2 Å². The summed E-state index contributed by atoms with van der Waals surface area (Å²) in [7, 11) is 3.31. The van der Waals surface area contributed by atoms with Gasteiger partial charge in [0.2, 0.25) is 5.96 Å². The van der Waals surface area contributed by atoms with Gasteiger partial charge in [0.25, 0.3) is 5.91 Å². The Morgan fingerprint density at radius 2 is 1.85 bits per heavy atom. The van der Waals surface area contributed by atoms with Crippen molar-refractivity contribution in [1.82, 2.24) is 14.7 Å². The van der Waals surface area contributed by atoms with Gasteiger partial charge in [-0.2, -0.15) is 0 Å². The van der Waals surface area contributed by atoms with E-state index in [1.165, 1.54) is 9.80 Å². The molecule has 9 heteroatoms. The number of rotatable bonds is 7. The normalized spacial score (nSPS) is 21.5. The number of hydrogen-bond acceptors (Lipinski definition) is 7. The largest absolute Gasteiger partial charge is 0.497 e. The van der Waals surface area contributed by atoms with Gasteiger partial charge < -0.3 is 14.4 Å². The Bertz CT molecular complexity index is 1160. The lowest BCUT2D eigenvalue weighted by Crippen LogP contribution is -2.64. The van der Waals surface area contributed by atoms with Gasteiger partial charge in [0.15, 0.2) is 12.2 Å². The molecule has 0 spiro atoms. The molecule has 0 N–H and O–H groups in total. The number of imide groups is 1. The first kappa shape index (κ1) is 22.0. The van der Waals surface area contributed by atoms with E-state index in [4.69, 9.17) is 14.5 Å². The number of carbonyl (C=O) groups excluding carboxylic acids is 2. The predicted octanol–water partition coefficient (Wildman–Crippen LogP) is 2.81. The van der Waals surface area contributed by atoms with Gasteiger partial charge in [-0.3, -0.25) is 19.5 Å². The smallest absolute Gasteiger partial charge is 0.328 e. The fourth-order valence-corrected chi connectivity index (χ4v) is 4.56. The molecule has 9 nitrogen and oxygen atoms in total. The van der Waals surface area contributed by atoms with E-state index in [-0.39, 0.29) is 18.5 Å². The molecular weight excluding hydrogens is 434 g/mol. The van der Waals surface area contributed by atoms with Crippen molar-refractivity contribution in [3.05, 3.63) is 66.4 Å². The molecule has 176 valence electrons. The lowest BCUT2D eigenvalue weighted by atomic mass is 10.1. The third-order valence-electron chi connectivity index (χ3n) is 6.26. The molecule has 34 heavy (non-hydrogen) atoms. The maximum Gasteiger partial charge on any atom is 0.328 e. The summed E-state index contributed by atoms with van der Waals surface area (Å²) in [4.78, 5) is 38.0. The van der Waals surface area contributed by atoms with Crippen LogP contribution in [0.5, 0.6) is 5.75 Å². The molecule has 5 rings (SSSR count). The zero-order valence-electron chi connectivity index (χ0n) is 19.4. The second kappa shape index (κ2) is 8.83. The molecule has 2 atom stereocenters. The van der Waals surface area contributed by atoms with E-state index in [9.17, 15) is 9.59 Å². The minimum atomic E-state index is -0.645. The van der Waals surface area contributed by atoms with Crippen LogP contribution in [0.4, 0.5) is 10.5 Å². The lowest BCUT2D eigenvalue weighted by molar-refractivity contribution is -0.137. The number of aliphatic imine (C=N–C) groups is 1. The van der Waals surface area contributed by atoms with Crippen molar-refractivity contribution in [1.29, 1.82) is 0 Å². The van der Waals surface area contributed by atoms with Gasteiger partial charge in [-0.05, 0) is 19.1 Å². The van der Waals surface area contributed by atoms with Crippen LogP contribution in [-0.4, -0.2) is 78.7 Å². The standard InChI is InChI=1S/C25H27N5O4/c1-4-34-14-13-28-23(31)21-22(27(2)25(28)32)26-24-29(21)16-20(17-9-6-5-7-10-17)30(24)18-11-8-12-19(15-18)33-3/h5-12,15-16,21-22H,4,13-14H2,1-3H3. The maximum absolute atomic E-state index is 13.5. The van der Waals surface area contributed by atoms with Gasteiger partial charge in [0.05, 0.1) is 31.6 Å². The molecule has 2 aromatic rings. The van der Waals surface area contributed by atoms with Crippen LogP contribution in [0.15, 0.2) is 65.8 Å². The molecule has 0 radical (unpaired) electrons. The highest BCUT2D eigenvalue weighted by atomic mass is 16.5. The Balaban J connectivity index is 1.56. The molecule has 2 aromatic carbocycles. The molecule has 0 aromatic heterocycles. The molecular formula is C25H27N5O4. The van der Waals surface area contributed by atoms with Crippen molar-refractivity contribution in [2.45, 2.75) is 19.1 Å². The summed E-state index contributed by atoms with van der Waals surface area (Å²) in [5, 5.41) is 0. The quantitative estimate of drug-likeness (QED) is 0.590. The first-order chi connectivity index (χ1) is 16.5. The number of urea groups is 1. The average Bonchev–Trinajstić information content (AvgIpc) is 3.42. The number of methoxy groups -OCH3 is 1. The highest BCUT2D eigenvalue weighted by Crippen LogP contribution is 2.40. The van der Waals surface area contributed by atoms with Crippen LogP contribution in [-0.2, 0) is 9.53 Å². The molecule has 3 amide bonds. The first-order valence-corrected chi connectivity index (χ1v) is 11.3. The number of benzene rings is 2. The number of anilines is 1. The van der Waals surface area contributed by atoms with Gasteiger partial charge >= 0.3 is 6.03 Å². The van der Waals surface area contributed by atoms with Gasteiger partial charge in [-0.15, -0.1) is 0 Å². The second-order valence-corrected chi connectivity index (χ2v) is 8.19. The summed E-state index contributed by atoms with van der Waals surface area (Å²) < 4.78 is 10.8. The number of likely N-dealkylation sites (N-methyl/N-ethyl adjacent to an activating group) is 1. The van der Waals surface area contributed by atoms with Crippen LogP contribution < -0.4 is 9.64 Å². The van der Waals surface area contributed by atoms with Crippen LogP contribution in [0, 0.1) is 0 Å². The minimum absolute atomic E-state index is 0.205. The van der Waals surface area contributed by atoms with Crippen LogP contribution in [0.25, 0.3) is 5.70 Å². The van der Waals surface area contributed by atoms with Crippen molar-refractivity contribution >= 4 is 29.3 Å². The summed E-state index contributed by atoms with van der Waals surface area (Å²) >= 11 is 0. The summed E-state index contributed by atoms with van der Waals surface area (Å²) in [5.74, 6) is 1.04. The van der Waals surface area contributed by atoms with Gasteiger partial charge in [0, 0.05) is 31.5 Å². The van der Waals surface area contributed by atoms with E-state index in [0.717, 1.165) is 16.9 Å². The maximum atomic E-state index is 13.5. The number of ether oxygens (including phenoxy) is 2. The highest BCUT2D eigenvalue weighted by Gasteiger charge is 2.54. The zero-order chi connectivity index (χ0) is 23.8. The zero-order valence-corrected chi connectivity index (χ0v) is 19.4. The molecule has 0 aliphatic carbocycles. The molecule has 0 saturated carbocycles. The van der Waals surface area contributed by atoms with Crippen molar-refractivity contribution < 1.29 is 19.1 Å². The topological polar surface area (TPSA) is 77.9 Å².